The van der Waals surface area contributed by atoms with E-state index in [4.69, 9.17) is 11.6 Å². The van der Waals surface area contributed by atoms with Crippen LogP contribution in [-0.4, -0.2) is 5.91 Å². The number of carbonyl (C=O) groups is 1. The highest BCUT2D eigenvalue weighted by molar-refractivity contribution is 9.10. The van der Waals surface area contributed by atoms with Crippen LogP contribution in [0.1, 0.15) is 15.9 Å². The molecule has 0 radical (unpaired) electrons. The Morgan fingerprint density at radius 1 is 1.32 bits per heavy atom. The molecule has 2 nitrogen and oxygen atoms in total. The van der Waals surface area contributed by atoms with Gasteiger partial charge >= 0.3 is 0 Å². The van der Waals surface area contributed by atoms with Gasteiger partial charge in [-0.1, -0.05) is 17.7 Å². The van der Waals surface area contributed by atoms with Crippen molar-refractivity contribution in [2.24, 2.45) is 0 Å². The van der Waals surface area contributed by atoms with Crippen LogP contribution in [0.3, 0.4) is 0 Å². The van der Waals surface area contributed by atoms with Gasteiger partial charge in [0.2, 0.25) is 0 Å². The second-order valence-electron chi connectivity index (χ2n) is 4.00. The molecule has 19 heavy (non-hydrogen) atoms. The zero-order chi connectivity index (χ0) is 14.0. The highest BCUT2D eigenvalue weighted by Crippen LogP contribution is 2.24. The standard InChI is InChI=1S/C14H10BrClFNO/c1-8-12(17)3-2-4-13(8)18-14(19)9-5-6-11(16)10(15)7-9/h2-7H,1H3,(H,18,19). The molecule has 0 aliphatic rings. The lowest BCUT2D eigenvalue weighted by Gasteiger charge is -2.09. The summed E-state index contributed by atoms with van der Waals surface area (Å²) < 4.78 is 14.0. The van der Waals surface area contributed by atoms with Gasteiger partial charge in [0.15, 0.2) is 0 Å². The van der Waals surface area contributed by atoms with Gasteiger partial charge in [-0.3, -0.25) is 4.79 Å². The van der Waals surface area contributed by atoms with E-state index in [1.807, 2.05) is 0 Å². The lowest BCUT2D eigenvalue weighted by molar-refractivity contribution is 0.102. The summed E-state index contributed by atoms with van der Waals surface area (Å²) in [5.74, 6) is -0.666. The molecule has 5 heteroatoms. The van der Waals surface area contributed by atoms with E-state index in [2.05, 4.69) is 21.2 Å². The fraction of sp³-hybridized carbons (Fsp3) is 0.0714. The van der Waals surface area contributed by atoms with Crippen LogP contribution < -0.4 is 5.32 Å². The topological polar surface area (TPSA) is 29.1 Å². The highest BCUT2D eigenvalue weighted by Gasteiger charge is 2.10. The van der Waals surface area contributed by atoms with Gasteiger partial charge in [0.1, 0.15) is 5.82 Å². The molecule has 0 unspecified atom stereocenters. The molecular formula is C14H10BrClFNO. The lowest BCUT2D eigenvalue weighted by atomic mass is 10.1. The van der Waals surface area contributed by atoms with Crippen LogP contribution in [0.15, 0.2) is 40.9 Å². The summed E-state index contributed by atoms with van der Waals surface area (Å²) in [6.45, 7) is 1.61. The molecule has 0 fully saturated rings. The summed E-state index contributed by atoms with van der Waals surface area (Å²) in [5.41, 5.74) is 1.31. The SMILES string of the molecule is Cc1c(F)cccc1NC(=O)c1ccc(Cl)c(Br)c1. The van der Waals surface area contributed by atoms with Gasteiger partial charge in [0.25, 0.3) is 5.91 Å². The number of anilines is 1. The van der Waals surface area contributed by atoms with Gasteiger partial charge in [-0.2, -0.15) is 0 Å². The van der Waals surface area contributed by atoms with E-state index in [1.165, 1.54) is 6.07 Å². The van der Waals surface area contributed by atoms with Gasteiger partial charge in [-0.05, 0) is 53.2 Å². The Kier molecular flexibility index (Phi) is 4.22. The number of halogens is 3. The highest BCUT2D eigenvalue weighted by atomic mass is 79.9. The Bertz CT molecular complexity index is 645. The van der Waals surface area contributed by atoms with Crippen molar-refractivity contribution in [2.75, 3.05) is 5.32 Å². The summed E-state index contributed by atoms with van der Waals surface area (Å²) in [5, 5.41) is 3.20. The third-order valence-corrected chi connectivity index (χ3v) is 3.91. The average Bonchev–Trinajstić information content (AvgIpc) is 2.38. The van der Waals surface area contributed by atoms with Gasteiger partial charge in [-0.25, -0.2) is 4.39 Å². The monoisotopic (exact) mass is 341 g/mol. The van der Waals surface area contributed by atoms with Crippen molar-refractivity contribution in [1.29, 1.82) is 0 Å². The molecule has 0 heterocycles. The maximum absolute atomic E-state index is 13.4. The Balaban J connectivity index is 2.26. The first-order chi connectivity index (χ1) is 8.99. The van der Waals surface area contributed by atoms with Crippen LogP contribution in [0.25, 0.3) is 0 Å². The first-order valence-electron chi connectivity index (χ1n) is 5.50. The number of hydrogen-bond acceptors (Lipinski definition) is 1. The minimum absolute atomic E-state index is 0.314. The number of hydrogen-bond donors (Lipinski definition) is 1. The van der Waals surface area contributed by atoms with Crippen LogP contribution in [0.5, 0.6) is 0 Å². The summed E-state index contributed by atoms with van der Waals surface area (Å²) in [6, 6.07) is 9.41. The average molecular weight is 343 g/mol. The molecule has 1 amide bonds. The zero-order valence-corrected chi connectivity index (χ0v) is 12.3. The second-order valence-corrected chi connectivity index (χ2v) is 5.26. The third-order valence-electron chi connectivity index (χ3n) is 2.70. The summed E-state index contributed by atoms with van der Waals surface area (Å²) in [4.78, 5) is 12.0. The molecule has 0 saturated heterocycles. The fourth-order valence-electron chi connectivity index (χ4n) is 1.57. The molecule has 2 aromatic carbocycles. The van der Waals surface area contributed by atoms with E-state index in [1.54, 1.807) is 37.3 Å². The molecule has 0 spiro atoms. The lowest BCUT2D eigenvalue weighted by Crippen LogP contribution is -2.13. The van der Waals surface area contributed by atoms with Crippen molar-refractivity contribution in [3.8, 4) is 0 Å². The first kappa shape index (κ1) is 14.0. The predicted octanol–water partition coefficient (Wildman–Crippen LogP) is 4.80. The van der Waals surface area contributed by atoms with Crippen molar-refractivity contribution in [1.82, 2.24) is 0 Å². The van der Waals surface area contributed by atoms with Crippen LogP contribution in [0.2, 0.25) is 5.02 Å². The van der Waals surface area contributed by atoms with E-state index in [0.717, 1.165) is 0 Å². The van der Waals surface area contributed by atoms with E-state index in [9.17, 15) is 9.18 Å². The summed E-state index contributed by atoms with van der Waals surface area (Å²) in [6.07, 6.45) is 0. The molecule has 0 aliphatic heterocycles. The van der Waals surface area contributed by atoms with Gasteiger partial charge in [-0.15, -0.1) is 0 Å². The molecule has 0 atom stereocenters. The van der Waals surface area contributed by atoms with Crippen molar-refractivity contribution < 1.29 is 9.18 Å². The maximum Gasteiger partial charge on any atom is 0.255 e. The molecule has 0 bridgehead atoms. The van der Waals surface area contributed by atoms with Gasteiger partial charge < -0.3 is 5.32 Å². The fourth-order valence-corrected chi connectivity index (χ4v) is 2.07. The molecule has 0 aromatic heterocycles. The zero-order valence-electron chi connectivity index (χ0n) is 10.0. The molecule has 2 rings (SSSR count). The smallest absolute Gasteiger partial charge is 0.255 e. The van der Waals surface area contributed by atoms with E-state index in [-0.39, 0.29) is 11.7 Å². The first-order valence-corrected chi connectivity index (χ1v) is 6.67. The van der Waals surface area contributed by atoms with Crippen LogP contribution >= 0.6 is 27.5 Å². The molecular weight excluding hydrogens is 333 g/mol. The number of benzene rings is 2. The van der Waals surface area contributed by atoms with E-state index >= 15 is 0 Å². The van der Waals surface area contributed by atoms with Crippen molar-refractivity contribution in [3.05, 3.63) is 62.8 Å². The molecule has 0 saturated carbocycles. The molecule has 2 aromatic rings. The minimum Gasteiger partial charge on any atom is -0.322 e. The van der Waals surface area contributed by atoms with E-state index < -0.39 is 0 Å². The summed E-state index contributed by atoms with van der Waals surface area (Å²) >= 11 is 9.12. The Hall–Kier alpha value is -1.39. The second kappa shape index (κ2) is 5.72. The van der Waals surface area contributed by atoms with Crippen molar-refractivity contribution in [2.45, 2.75) is 6.92 Å². The Morgan fingerprint density at radius 2 is 2.05 bits per heavy atom. The quantitative estimate of drug-likeness (QED) is 0.834. The van der Waals surface area contributed by atoms with E-state index in [0.29, 0.717) is 26.3 Å². The number of nitrogens with one attached hydrogen (secondary N) is 1. The molecule has 0 aliphatic carbocycles. The molecule has 1 N–H and O–H groups in total. The maximum atomic E-state index is 13.4. The van der Waals surface area contributed by atoms with Crippen LogP contribution in [0, 0.1) is 12.7 Å². The largest absolute Gasteiger partial charge is 0.322 e. The third kappa shape index (κ3) is 3.14. The van der Waals surface area contributed by atoms with Crippen LogP contribution in [0.4, 0.5) is 10.1 Å². The summed E-state index contributed by atoms with van der Waals surface area (Å²) in [7, 11) is 0. The number of carbonyl (C=O) groups excluding carboxylic acids is 1. The number of amides is 1. The van der Waals surface area contributed by atoms with Gasteiger partial charge in [0, 0.05) is 21.3 Å². The minimum atomic E-state index is -0.352. The van der Waals surface area contributed by atoms with Crippen molar-refractivity contribution >= 4 is 39.1 Å². The predicted molar refractivity (Wildman–Crippen MR) is 78.2 cm³/mol. The Labute approximate surface area is 123 Å². The van der Waals surface area contributed by atoms with Gasteiger partial charge in [0.05, 0.1) is 5.02 Å². The molecule has 98 valence electrons. The number of rotatable bonds is 2. The van der Waals surface area contributed by atoms with Crippen LogP contribution in [-0.2, 0) is 0 Å². The normalized spacial score (nSPS) is 10.3. The Morgan fingerprint density at radius 3 is 2.74 bits per heavy atom. The van der Waals surface area contributed by atoms with Crippen molar-refractivity contribution in [3.63, 3.8) is 0 Å².